The molecule has 0 saturated heterocycles. The van der Waals surface area contributed by atoms with Crippen LogP contribution < -0.4 is 0 Å². The van der Waals surface area contributed by atoms with Gasteiger partial charge in [-0.1, -0.05) is 42.5 Å². The minimum absolute atomic E-state index is 0.621. The van der Waals surface area contributed by atoms with Crippen LogP contribution in [0.2, 0.25) is 0 Å². The topological polar surface area (TPSA) is 0 Å². The molecule has 0 N–H and O–H groups in total. The zero-order valence-electron chi connectivity index (χ0n) is 11.0. The van der Waals surface area contributed by atoms with Crippen molar-refractivity contribution in [2.75, 3.05) is 0 Å². The number of hydrogen-bond donors (Lipinski definition) is 0. The number of alkyl halides is 3. The first-order valence-corrected chi connectivity index (χ1v) is 6.38. The Kier molecular flexibility index (Phi) is 4.28. The average molecular weight is 276 g/mol. The summed E-state index contributed by atoms with van der Waals surface area (Å²) in [5.74, 6) is 0. The second-order valence-corrected chi connectivity index (χ2v) is 4.60. The third-order valence-corrected chi connectivity index (χ3v) is 3.14. The van der Waals surface area contributed by atoms with Crippen molar-refractivity contribution in [2.45, 2.75) is 19.0 Å². The maximum absolute atomic E-state index is 12.5. The van der Waals surface area contributed by atoms with Gasteiger partial charge in [-0.25, -0.2) is 0 Å². The SMILES string of the molecule is C=CCCc1ccc(-c2ccc(C(F)(F)F)cc2)cc1. The minimum Gasteiger partial charge on any atom is -0.166 e. The smallest absolute Gasteiger partial charge is 0.166 e. The lowest BCUT2D eigenvalue weighted by atomic mass is 10.0. The summed E-state index contributed by atoms with van der Waals surface area (Å²) < 4.78 is 37.5. The molecule has 0 bridgehead atoms. The van der Waals surface area contributed by atoms with E-state index in [1.54, 1.807) is 0 Å². The van der Waals surface area contributed by atoms with Crippen LogP contribution in [-0.4, -0.2) is 0 Å². The van der Waals surface area contributed by atoms with Gasteiger partial charge in [0.25, 0.3) is 0 Å². The number of benzene rings is 2. The highest BCUT2D eigenvalue weighted by Crippen LogP contribution is 2.31. The Morgan fingerprint density at radius 3 is 1.80 bits per heavy atom. The maximum atomic E-state index is 12.5. The van der Waals surface area contributed by atoms with Crippen LogP contribution in [0.5, 0.6) is 0 Å². The summed E-state index contributed by atoms with van der Waals surface area (Å²) in [5, 5.41) is 0. The van der Waals surface area contributed by atoms with Crippen molar-refractivity contribution in [1.29, 1.82) is 0 Å². The zero-order valence-corrected chi connectivity index (χ0v) is 11.0. The fourth-order valence-electron chi connectivity index (χ4n) is 1.98. The molecule has 0 aliphatic rings. The summed E-state index contributed by atoms with van der Waals surface area (Å²) in [6.07, 6.45) is -0.576. The molecule has 0 aliphatic carbocycles. The van der Waals surface area contributed by atoms with Gasteiger partial charge in [0, 0.05) is 0 Å². The number of hydrogen-bond acceptors (Lipinski definition) is 0. The van der Waals surface area contributed by atoms with Crippen LogP contribution in [0.15, 0.2) is 61.2 Å². The summed E-state index contributed by atoms with van der Waals surface area (Å²) in [5.41, 5.74) is 2.28. The fraction of sp³-hybridized carbons (Fsp3) is 0.176. The molecule has 0 nitrogen and oxygen atoms in total. The predicted octanol–water partition coefficient (Wildman–Crippen LogP) is 5.49. The highest BCUT2D eigenvalue weighted by molar-refractivity contribution is 5.64. The Morgan fingerprint density at radius 1 is 0.850 bits per heavy atom. The van der Waals surface area contributed by atoms with Gasteiger partial charge in [0.05, 0.1) is 5.56 Å². The molecule has 0 aromatic heterocycles. The molecular weight excluding hydrogens is 261 g/mol. The molecule has 3 heteroatoms. The summed E-state index contributed by atoms with van der Waals surface area (Å²) in [4.78, 5) is 0. The summed E-state index contributed by atoms with van der Waals surface area (Å²) >= 11 is 0. The van der Waals surface area contributed by atoms with Crippen molar-refractivity contribution in [3.63, 3.8) is 0 Å². The third-order valence-electron chi connectivity index (χ3n) is 3.14. The molecule has 0 heterocycles. The molecule has 2 aromatic rings. The number of aryl methyl sites for hydroxylation is 1. The quantitative estimate of drug-likeness (QED) is 0.648. The first-order chi connectivity index (χ1) is 9.50. The second-order valence-electron chi connectivity index (χ2n) is 4.60. The van der Waals surface area contributed by atoms with Crippen molar-refractivity contribution < 1.29 is 13.2 Å². The van der Waals surface area contributed by atoms with Gasteiger partial charge in [-0.2, -0.15) is 13.2 Å². The Balaban J connectivity index is 2.17. The first kappa shape index (κ1) is 14.4. The molecule has 0 atom stereocenters. The molecule has 20 heavy (non-hydrogen) atoms. The third kappa shape index (κ3) is 3.50. The molecule has 0 fully saturated rings. The van der Waals surface area contributed by atoms with E-state index in [1.165, 1.54) is 17.7 Å². The monoisotopic (exact) mass is 276 g/mol. The second kappa shape index (κ2) is 5.95. The Hall–Kier alpha value is -2.03. The van der Waals surface area contributed by atoms with Crippen molar-refractivity contribution in [3.8, 4) is 11.1 Å². The highest BCUT2D eigenvalue weighted by atomic mass is 19.4. The van der Waals surface area contributed by atoms with Gasteiger partial charge < -0.3 is 0 Å². The lowest BCUT2D eigenvalue weighted by Gasteiger charge is -2.08. The van der Waals surface area contributed by atoms with Crippen LogP contribution in [0.3, 0.4) is 0 Å². The Morgan fingerprint density at radius 2 is 1.35 bits per heavy atom. The van der Waals surface area contributed by atoms with Gasteiger partial charge in [-0.3, -0.25) is 0 Å². The Labute approximate surface area is 116 Å². The maximum Gasteiger partial charge on any atom is 0.416 e. The van der Waals surface area contributed by atoms with Crippen LogP contribution >= 0.6 is 0 Å². The molecule has 0 unspecified atom stereocenters. The van der Waals surface area contributed by atoms with Gasteiger partial charge in [0.2, 0.25) is 0 Å². The molecule has 0 aliphatic heterocycles. The van der Waals surface area contributed by atoms with Crippen LogP contribution in [0.1, 0.15) is 17.5 Å². The van der Waals surface area contributed by atoms with Gasteiger partial charge >= 0.3 is 6.18 Å². The van der Waals surface area contributed by atoms with E-state index in [4.69, 9.17) is 0 Å². The van der Waals surface area contributed by atoms with Gasteiger partial charge in [-0.15, -0.1) is 6.58 Å². The molecule has 2 aromatic carbocycles. The standard InChI is InChI=1S/C17H15F3/c1-2-3-4-13-5-7-14(8-6-13)15-9-11-16(12-10-15)17(18,19)20/h2,5-12H,1,3-4H2. The van der Waals surface area contributed by atoms with Crippen molar-refractivity contribution in [1.82, 2.24) is 0 Å². The van der Waals surface area contributed by atoms with Crippen LogP contribution in [0, 0.1) is 0 Å². The number of allylic oxidation sites excluding steroid dienone is 1. The molecule has 0 radical (unpaired) electrons. The minimum atomic E-state index is -4.28. The molecule has 0 saturated carbocycles. The van der Waals surface area contributed by atoms with Crippen molar-refractivity contribution in [3.05, 3.63) is 72.3 Å². The largest absolute Gasteiger partial charge is 0.416 e. The van der Waals surface area contributed by atoms with E-state index in [1.807, 2.05) is 30.3 Å². The van der Waals surface area contributed by atoms with E-state index >= 15 is 0 Å². The average Bonchev–Trinajstić information content (AvgIpc) is 2.45. The molecular formula is C17H15F3. The van der Waals surface area contributed by atoms with Crippen LogP contribution in [0.4, 0.5) is 13.2 Å². The van der Waals surface area contributed by atoms with E-state index in [0.717, 1.165) is 36.1 Å². The lowest BCUT2D eigenvalue weighted by molar-refractivity contribution is -0.137. The van der Waals surface area contributed by atoms with E-state index in [9.17, 15) is 13.2 Å². The number of rotatable bonds is 4. The predicted molar refractivity (Wildman–Crippen MR) is 75.4 cm³/mol. The van der Waals surface area contributed by atoms with Crippen LogP contribution in [0.25, 0.3) is 11.1 Å². The van der Waals surface area contributed by atoms with Gasteiger partial charge in [0.1, 0.15) is 0 Å². The van der Waals surface area contributed by atoms with Crippen molar-refractivity contribution in [2.24, 2.45) is 0 Å². The van der Waals surface area contributed by atoms with Gasteiger partial charge in [-0.05, 0) is 41.7 Å². The summed E-state index contributed by atoms with van der Waals surface area (Å²) in [6, 6.07) is 13.1. The molecule has 2 rings (SSSR count). The fourth-order valence-corrected chi connectivity index (χ4v) is 1.98. The molecule has 0 spiro atoms. The van der Waals surface area contributed by atoms with E-state index < -0.39 is 11.7 Å². The normalized spacial score (nSPS) is 11.3. The van der Waals surface area contributed by atoms with E-state index in [-0.39, 0.29) is 0 Å². The first-order valence-electron chi connectivity index (χ1n) is 6.38. The van der Waals surface area contributed by atoms with Crippen LogP contribution in [-0.2, 0) is 12.6 Å². The zero-order chi connectivity index (χ0) is 14.6. The summed E-state index contributed by atoms with van der Waals surface area (Å²) in [7, 11) is 0. The van der Waals surface area contributed by atoms with Crippen molar-refractivity contribution >= 4 is 0 Å². The van der Waals surface area contributed by atoms with E-state index in [2.05, 4.69) is 6.58 Å². The number of halogens is 3. The summed E-state index contributed by atoms with van der Waals surface area (Å²) in [6.45, 7) is 3.68. The van der Waals surface area contributed by atoms with E-state index in [0.29, 0.717) is 0 Å². The lowest BCUT2D eigenvalue weighted by Crippen LogP contribution is -2.03. The van der Waals surface area contributed by atoms with Gasteiger partial charge in [0.15, 0.2) is 0 Å². The molecule has 0 amide bonds. The highest BCUT2D eigenvalue weighted by Gasteiger charge is 2.29. The molecule has 104 valence electrons. The Bertz CT molecular complexity index is 563.